The number of imide groups is 1. The van der Waals surface area contributed by atoms with Crippen molar-refractivity contribution >= 4 is 17.7 Å². The molecular weight excluding hydrogens is 434 g/mol. The molecule has 0 aliphatic carbocycles. The van der Waals surface area contributed by atoms with Gasteiger partial charge in [-0.05, 0) is 50.1 Å². The van der Waals surface area contributed by atoms with Crippen LogP contribution in [0.5, 0.6) is 11.5 Å². The number of aromatic nitrogens is 1. The molecule has 2 aliphatic rings. The predicted octanol–water partition coefficient (Wildman–Crippen LogP) is 3.53. The van der Waals surface area contributed by atoms with Crippen molar-refractivity contribution in [1.82, 2.24) is 14.8 Å². The zero-order valence-electron chi connectivity index (χ0n) is 19.3. The number of ketones is 1. The lowest BCUT2D eigenvalue weighted by Gasteiger charge is -2.22. The van der Waals surface area contributed by atoms with Crippen LogP contribution in [0.25, 0.3) is 0 Å². The van der Waals surface area contributed by atoms with Crippen LogP contribution < -0.4 is 14.8 Å². The first kappa shape index (κ1) is 21.8. The monoisotopic (exact) mass is 459 g/mol. The van der Waals surface area contributed by atoms with Crippen LogP contribution in [0.3, 0.4) is 0 Å². The van der Waals surface area contributed by atoms with Gasteiger partial charge in [-0.3, -0.25) is 14.5 Å². The minimum atomic E-state index is -1.30. The molecule has 2 aromatic carbocycles. The maximum Gasteiger partial charge on any atom is 0.325 e. The highest BCUT2D eigenvalue weighted by Gasteiger charge is 2.50. The van der Waals surface area contributed by atoms with Crippen LogP contribution in [0.2, 0.25) is 0 Å². The van der Waals surface area contributed by atoms with E-state index in [9.17, 15) is 14.4 Å². The fourth-order valence-electron chi connectivity index (χ4n) is 4.57. The maximum atomic E-state index is 13.3. The Morgan fingerprint density at radius 3 is 2.53 bits per heavy atom. The zero-order valence-corrected chi connectivity index (χ0v) is 19.3. The molecule has 1 fully saturated rings. The van der Waals surface area contributed by atoms with E-state index in [1.165, 1.54) is 0 Å². The predicted molar refractivity (Wildman–Crippen MR) is 124 cm³/mol. The number of rotatable bonds is 6. The highest BCUT2D eigenvalue weighted by molar-refractivity contribution is 6.11. The molecule has 1 unspecified atom stereocenters. The van der Waals surface area contributed by atoms with Crippen molar-refractivity contribution in [1.29, 1.82) is 0 Å². The van der Waals surface area contributed by atoms with Crippen molar-refractivity contribution in [2.45, 2.75) is 32.9 Å². The molecule has 8 heteroatoms. The smallest absolute Gasteiger partial charge is 0.325 e. The second-order valence-corrected chi connectivity index (χ2v) is 8.79. The number of hydrogen-bond acceptors (Lipinski definition) is 5. The first-order valence-corrected chi connectivity index (χ1v) is 11.1. The molecule has 0 radical (unpaired) electrons. The lowest BCUT2D eigenvalue weighted by Crippen LogP contribution is -2.41. The Morgan fingerprint density at radius 1 is 1.03 bits per heavy atom. The van der Waals surface area contributed by atoms with Gasteiger partial charge < -0.3 is 19.4 Å². The third-order valence-electron chi connectivity index (χ3n) is 6.58. The number of aryl methyl sites for hydroxylation is 1. The van der Waals surface area contributed by atoms with E-state index in [4.69, 9.17) is 9.47 Å². The number of nitrogens with zero attached hydrogens (tertiary/aromatic N) is 2. The summed E-state index contributed by atoms with van der Waals surface area (Å²) in [6, 6.07) is 16.3. The molecule has 174 valence electrons. The van der Waals surface area contributed by atoms with Crippen molar-refractivity contribution in [3.05, 3.63) is 82.7 Å². The highest BCUT2D eigenvalue weighted by Crippen LogP contribution is 2.38. The van der Waals surface area contributed by atoms with Crippen LogP contribution in [-0.4, -0.2) is 40.5 Å². The quantitative estimate of drug-likeness (QED) is 0.450. The summed E-state index contributed by atoms with van der Waals surface area (Å²) in [4.78, 5) is 40.3. The second kappa shape index (κ2) is 8.06. The van der Waals surface area contributed by atoms with Crippen LogP contribution in [0.4, 0.5) is 4.79 Å². The fourth-order valence-corrected chi connectivity index (χ4v) is 4.57. The van der Waals surface area contributed by atoms with Crippen molar-refractivity contribution in [2.75, 3.05) is 13.3 Å². The van der Waals surface area contributed by atoms with E-state index >= 15 is 0 Å². The minimum absolute atomic E-state index is 0.110. The Labute approximate surface area is 197 Å². The molecule has 3 heterocycles. The van der Waals surface area contributed by atoms with Gasteiger partial charge in [0.2, 0.25) is 6.79 Å². The summed E-state index contributed by atoms with van der Waals surface area (Å²) in [6.45, 7) is 5.86. The molecule has 3 amide bonds. The van der Waals surface area contributed by atoms with Gasteiger partial charge in [0, 0.05) is 23.5 Å². The van der Waals surface area contributed by atoms with Gasteiger partial charge >= 0.3 is 6.03 Å². The largest absolute Gasteiger partial charge is 0.454 e. The van der Waals surface area contributed by atoms with E-state index in [0.717, 1.165) is 21.9 Å². The van der Waals surface area contributed by atoms with Crippen LogP contribution in [-0.2, 0) is 16.9 Å². The van der Waals surface area contributed by atoms with Crippen LogP contribution in [0.15, 0.2) is 54.6 Å². The number of nitrogens with one attached hydrogen (secondary N) is 1. The van der Waals surface area contributed by atoms with Gasteiger partial charge in [0.1, 0.15) is 5.54 Å². The fraction of sp³-hybridized carbons (Fsp3) is 0.269. The Bertz CT molecular complexity index is 1310. The molecule has 2 aliphatic heterocycles. The van der Waals surface area contributed by atoms with Gasteiger partial charge in [-0.2, -0.15) is 0 Å². The summed E-state index contributed by atoms with van der Waals surface area (Å²) >= 11 is 0. The number of carbonyl (C=O) groups excluding carboxylic acids is 3. The lowest BCUT2D eigenvalue weighted by atomic mass is 9.91. The molecule has 1 atom stereocenters. The maximum absolute atomic E-state index is 13.3. The molecule has 5 rings (SSSR count). The normalized spacial score (nSPS) is 19.0. The molecule has 34 heavy (non-hydrogen) atoms. The minimum Gasteiger partial charge on any atom is -0.454 e. The average molecular weight is 460 g/mol. The SMILES string of the molecule is Cc1cc(C(=O)CN2C(=O)NC(C)(c3ccc4c(c3)OCO4)C2=O)c(C)n1Cc1ccccc1. The number of ether oxygens (including phenoxy) is 2. The summed E-state index contributed by atoms with van der Waals surface area (Å²) in [7, 11) is 0. The lowest BCUT2D eigenvalue weighted by molar-refractivity contribution is -0.130. The molecule has 0 saturated carbocycles. The molecule has 3 aromatic rings. The van der Waals surface area contributed by atoms with Gasteiger partial charge in [-0.1, -0.05) is 36.4 Å². The number of benzene rings is 2. The van der Waals surface area contributed by atoms with E-state index in [1.807, 2.05) is 50.2 Å². The molecular formula is C26H25N3O5. The van der Waals surface area contributed by atoms with Gasteiger partial charge in [0.25, 0.3) is 5.91 Å². The summed E-state index contributed by atoms with van der Waals surface area (Å²) in [5.41, 5.74) is 2.63. The van der Waals surface area contributed by atoms with Crippen molar-refractivity contribution in [2.24, 2.45) is 0 Å². The van der Waals surface area contributed by atoms with E-state index < -0.39 is 17.5 Å². The summed E-state index contributed by atoms with van der Waals surface area (Å²) in [6.07, 6.45) is 0. The first-order chi connectivity index (χ1) is 16.3. The molecule has 1 aromatic heterocycles. The molecule has 1 N–H and O–H groups in total. The van der Waals surface area contributed by atoms with Gasteiger partial charge in [0.15, 0.2) is 17.3 Å². The number of Topliss-reactive ketones (excluding diaryl/α,β-unsaturated/α-hetero) is 1. The molecule has 0 bridgehead atoms. The number of fused-ring (bicyclic) bond motifs is 1. The molecule has 1 saturated heterocycles. The standard InChI is InChI=1S/C26H25N3O5/c1-16-11-20(17(2)28(16)13-18-7-5-4-6-8-18)21(30)14-29-24(31)26(3,27-25(29)32)19-9-10-22-23(12-19)34-15-33-22/h4-12H,13-15H2,1-3H3,(H,27,32). The molecule has 0 spiro atoms. The topological polar surface area (TPSA) is 89.9 Å². The van der Waals surface area contributed by atoms with E-state index in [-0.39, 0.29) is 19.1 Å². The molecule has 8 nitrogen and oxygen atoms in total. The van der Waals surface area contributed by atoms with Crippen LogP contribution >= 0.6 is 0 Å². The number of carbonyl (C=O) groups is 3. The summed E-state index contributed by atoms with van der Waals surface area (Å²) in [5, 5.41) is 2.74. The highest BCUT2D eigenvalue weighted by atomic mass is 16.7. The third-order valence-corrected chi connectivity index (χ3v) is 6.58. The zero-order chi connectivity index (χ0) is 24.0. The average Bonchev–Trinajstić information content (AvgIpc) is 3.47. The summed E-state index contributed by atoms with van der Waals surface area (Å²) in [5.74, 6) is 0.330. The van der Waals surface area contributed by atoms with E-state index in [0.29, 0.717) is 29.2 Å². The Kier molecular flexibility index (Phi) is 5.16. The van der Waals surface area contributed by atoms with E-state index in [2.05, 4.69) is 9.88 Å². The third kappa shape index (κ3) is 3.51. The summed E-state index contributed by atoms with van der Waals surface area (Å²) < 4.78 is 12.8. The van der Waals surface area contributed by atoms with Crippen molar-refractivity contribution in [3.8, 4) is 11.5 Å². The van der Waals surface area contributed by atoms with Gasteiger partial charge in [-0.15, -0.1) is 0 Å². The second-order valence-electron chi connectivity index (χ2n) is 8.79. The van der Waals surface area contributed by atoms with Crippen LogP contribution in [0.1, 0.15) is 39.8 Å². The Hall–Kier alpha value is -4.07. The van der Waals surface area contributed by atoms with E-state index in [1.54, 1.807) is 25.1 Å². The van der Waals surface area contributed by atoms with Gasteiger partial charge in [0.05, 0.1) is 6.54 Å². The van der Waals surface area contributed by atoms with Crippen molar-refractivity contribution < 1.29 is 23.9 Å². The first-order valence-electron chi connectivity index (χ1n) is 11.1. The Morgan fingerprint density at radius 2 is 1.76 bits per heavy atom. The Balaban J connectivity index is 1.37. The van der Waals surface area contributed by atoms with Gasteiger partial charge in [-0.25, -0.2) is 4.79 Å². The number of hydrogen-bond donors (Lipinski definition) is 1. The number of amides is 3. The number of urea groups is 1. The van der Waals surface area contributed by atoms with Crippen molar-refractivity contribution in [3.63, 3.8) is 0 Å². The van der Waals surface area contributed by atoms with Crippen LogP contribution in [0, 0.1) is 13.8 Å².